The molecule has 1 aliphatic heterocycles. The standard InChI is InChI=1S/C20H38N2O3/c1-7-13(3)12-14(8-2)21-17-16(15-10-9-11-24-18(15)17)22-19(23)25-20(4,5)6/h13-18,21H,7-12H2,1-6H3,(H,22,23). The van der Waals surface area contributed by atoms with Crippen LogP contribution in [0.1, 0.15) is 73.6 Å². The summed E-state index contributed by atoms with van der Waals surface area (Å²) < 4.78 is 11.5. The van der Waals surface area contributed by atoms with Crippen LogP contribution in [0.5, 0.6) is 0 Å². The molecular formula is C20H38N2O3. The Morgan fingerprint density at radius 2 is 1.96 bits per heavy atom. The first-order valence-electron chi connectivity index (χ1n) is 10.1. The van der Waals surface area contributed by atoms with E-state index in [1.165, 1.54) is 12.8 Å². The molecule has 1 heterocycles. The van der Waals surface area contributed by atoms with Crippen molar-refractivity contribution in [1.29, 1.82) is 0 Å². The van der Waals surface area contributed by atoms with E-state index in [1.54, 1.807) is 0 Å². The third-order valence-electron chi connectivity index (χ3n) is 5.60. The molecule has 1 saturated carbocycles. The average molecular weight is 355 g/mol. The Morgan fingerprint density at radius 3 is 2.56 bits per heavy atom. The smallest absolute Gasteiger partial charge is 0.407 e. The lowest BCUT2D eigenvalue weighted by molar-refractivity contribution is -0.130. The maximum absolute atomic E-state index is 12.3. The van der Waals surface area contributed by atoms with Crippen LogP contribution in [0.4, 0.5) is 4.79 Å². The summed E-state index contributed by atoms with van der Waals surface area (Å²) in [6.07, 6.45) is 5.56. The molecule has 25 heavy (non-hydrogen) atoms. The van der Waals surface area contributed by atoms with Gasteiger partial charge in [0.25, 0.3) is 0 Å². The number of rotatable bonds is 7. The van der Waals surface area contributed by atoms with Crippen molar-refractivity contribution >= 4 is 6.09 Å². The van der Waals surface area contributed by atoms with Crippen LogP contribution in [0.3, 0.4) is 0 Å². The first-order valence-corrected chi connectivity index (χ1v) is 10.1. The second-order valence-corrected chi connectivity index (χ2v) is 8.86. The molecule has 0 spiro atoms. The van der Waals surface area contributed by atoms with Gasteiger partial charge in [-0.3, -0.25) is 0 Å². The number of carbonyl (C=O) groups excluding carboxylic acids is 1. The molecule has 0 bridgehead atoms. The largest absolute Gasteiger partial charge is 0.444 e. The van der Waals surface area contributed by atoms with E-state index in [2.05, 4.69) is 31.4 Å². The highest BCUT2D eigenvalue weighted by Crippen LogP contribution is 2.39. The van der Waals surface area contributed by atoms with Gasteiger partial charge in [-0.25, -0.2) is 4.79 Å². The van der Waals surface area contributed by atoms with E-state index in [0.717, 1.165) is 25.9 Å². The van der Waals surface area contributed by atoms with Gasteiger partial charge in [0.15, 0.2) is 0 Å². The molecule has 2 aliphatic rings. The van der Waals surface area contributed by atoms with Gasteiger partial charge in [-0.2, -0.15) is 0 Å². The first-order chi connectivity index (χ1) is 11.7. The Labute approximate surface area is 153 Å². The Kier molecular flexibility index (Phi) is 7.15. The number of alkyl carbamates (subject to hydrolysis) is 1. The molecule has 1 aliphatic carbocycles. The van der Waals surface area contributed by atoms with E-state index in [-0.39, 0.29) is 24.3 Å². The normalized spacial score (nSPS) is 31.4. The number of hydrogen-bond acceptors (Lipinski definition) is 4. The molecule has 146 valence electrons. The van der Waals surface area contributed by atoms with Crippen LogP contribution in [-0.2, 0) is 9.47 Å². The summed E-state index contributed by atoms with van der Waals surface area (Å²) in [6, 6.07) is 0.757. The fourth-order valence-corrected chi connectivity index (χ4v) is 4.02. The Morgan fingerprint density at radius 1 is 1.24 bits per heavy atom. The predicted molar refractivity (Wildman–Crippen MR) is 101 cm³/mol. The van der Waals surface area contributed by atoms with Gasteiger partial charge < -0.3 is 20.1 Å². The van der Waals surface area contributed by atoms with Crippen molar-refractivity contribution in [2.45, 2.75) is 103 Å². The monoisotopic (exact) mass is 354 g/mol. The number of hydrogen-bond donors (Lipinski definition) is 2. The summed E-state index contributed by atoms with van der Waals surface area (Å²) in [5.74, 6) is 1.11. The summed E-state index contributed by atoms with van der Waals surface area (Å²) >= 11 is 0. The lowest BCUT2D eigenvalue weighted by Gasteiger charge is -2.55. The lowest BCUT2D eigenvalue weighted by atomic mass is 9.68. The Bertz CT molecular complexity index is 435. The molecule has 5 nitrogen and oxygen atoms in total. The average Bonchev–Trinajstić information content (AvgIpc) is 2.54. The summed E-state index contributed by atoms with van der Waals surface area (Å²) in [6.45, 7) is 13.3. The number of amides is 1. The second-order valence-electron chi connectivity index (χ2n) is 8.86. The molecule has 0 aromatic rings. The van der Waals surface area contributed by atoms with E-state index in [9.17, 15) is 4.79 Å². The third-order valence-corrected chi connectivity index (χ3v) is 5.60. The molecular weight excluding hydrogens is 316 g/mol. The van der Waals surface area contributed by atoms with E-state index in [4.69, 9.17) is 9.47 Å². The van der Waals surface area contributed by atoms with Crippen LogP contribution in [0.2, 0.25) is 0 Å². The van der Waals surface area contributed by atoms with Crippen LogP contribution in [0.15, 0.2) is 0 Å². The number of ether oxygens (including phenoxy) is 2. The molecule has 0 radical (unpaired) electrons. The molecule has 1 saturated heterocycles. The highest BCUT2D eigenvalue weighted by Gasteiger charge is 2.53. The summed E-state index contributed by atoms with van der Waals surface area (Å²) in [5, 5.41) is 6.91. The maximum atomic E-state index is 12.3. The molecule has 0 aromatic carbocycles. The van der Waals surface area contributed by atoms with Crippen molar-refractivity contribution in [2.75, 3.05) is 6.61 Å². The van der Waals surface area contributed by atoms with Gasteiger partial charge in [-0.05, 0) is 52.4 Å². The number of fused-ring (bicyclic) bond motifs is 1. The molecule has 1 amide bonds. The van der Waals surface area contributed by atoms with Crippen LogP contribution in [0, 0.1) is 11.8 Å². The van der Waals surface area contributed by atoms with Crippen LogP contribution < -0.4 is 10.6 Å². The van der Waals surface area contributed by atoms with Gasteiger partial charge in [0.05, 0.1) is 18.2 Å². The summed E-state index contributed by atoms with van der Waals surface area (Å²) in [4.78, 5) is 12.3. The number of carbonyl (C=O) groups is 1. The Balaban J connectivity index is 1.98. The van der Waals surface area contributed by atoms with E-state index < -0.39 is 5.60 Å². The summed E-state index contributed by atoms with van der Waals surface area (Å²) in [5.41, 5.74) is -0.471. The molecule has 0 aromatic heterocycles. The zero-order chi connectivity index (χ0) is 18.6. The highest BCUT2D eigenvalue weighted by atomic mass is 16.6. The molecule has 6 atom stereocenters. The quantitative estimate of drug-likeness (QED) is 0.729. The zero-order valence-corrected chi connectivity index (χ0v) is 16.9. The summed E-state index contributed by atoms with van der Waals surface area (Å²) in [7, 11) is 0. The van der Waals surface area contributed by atoms with Crippen LogP contribution in [0.25, 0.3) is 0 Å². The van der Waals surface area contributed by atoms with Gasteiger partial charge >= 0.3 is 6.09 Å². The molecule has 6 unspecified atom stereocenters. The second kappa shape index (κ2) is 8.72. The van der Waals surface area contributed by atoms with E-state index in [0.29, 0.717) is 17.9 Å². The number of nitrogens with one attached hydrogen (secondary N) is 2. The van der Waals surface area contributed by atoms with Crippen molar-refractivity contribution in [1.82, 2.24) is 10.6 Å². The van der Waals surface area contributed by atoms with Crippen molar-refractivity contribution in [3.05, 3.63) is 0 Å². The first kappa shape index (κ1) is 20.5. The predicted octanol–water partition coefficient (Wildman–Crippen LogP) is 3.86. The van der Waals surface area contributed by atoms with Crippen molar-refractivity contribution in [2.24, 2.45) is 11.8 Å². The fourth-order valence-electron chi connectivity index (χ4n) is 4.02. The highest BCUT2D eigenvalue weighted by molar-refractivity contribution is 5.68. The lowest BCUT2D eigenvalue weighted by Crippen LogP contribution is -2.74. The van der Waals surface area contributed by atoms with Gasteiger partial charge in [-0.15, -0.1) is 0 Å². The minimum atomic E-state index is -0.471. The fraction of sp³-hybridized carbons (Fsp3) is 0.950. The van der Waals surface area contributed by atoms with Gasteiger partial charge in [0.1, 0.15) is 5.60 Å². The maximum Gasteiger partial charge on any atom is 0.407 e. The van der Waals surface area contributed by atoms with E-state index in [1.807, 2.05) is 20.8 Å². The molecule has 2 rings (SSSR count). The minimum Gasteiger partial charge on any atom is -0.444 e. The minimum absolute atomic E-state index is 0.103. The van der Waals surface area contributed by atoms with Crippen molar-refractivity contribution in [3.63, 3.8) is 0 Å². The van der Waals surface area contributed by atoms with Gasteiger partial charge in [0, 0.05) is 18.6 Å². The molecule has 5 heteroatoms. The van der Waals surface area contributed by atoms with E-state index >= 15 is 0 Å². The van der Waals surface area contributed by atoms with Crippen molar-refractivity contribution in [3.8, 4) is 0 Å². The van der Waals surface area contributed by atoms with Gasteiger partial charge in [-0.1, -0.05) is 27.2 Å². The molecule has 2 N–H and O–H groups in total. The third kappa shape index (κ3) is 5.58. The molecule has 2 fully saturated rings. The van der Waals surface area contributed by atoms with Gasteiger partial charge in [0.2, 0.25) is 0 Å². The zero-order valence-electron chi connectivity index (χ0n) is 16.9. The Hall–Kier alpha value is -0.810. The SMILES string of the molecule is CCC(C)CC(CC)NC1C(NC(=O)OC(C)(C)C)C2CCCOC21. The topological polar surface area (TPSA) is 59.6 Å². The van der Waals surface area contributed by atoms with Crippen LogP contribution in [-0.4, -0.2) is 42.5 Å². The van der Waals surface area contributed by atoms with Crippen LogP contribution >= 0.6 is 0 Å². The van der Waals surface area contributed by atoms with Crippen molar-refractivity contribution < 1.29 is 14.3 Å².